The standard InChI is InChI=1S/C12H14ClN3O2/c1-7(2)9(17)6-10-15-12(16-18-10)11-8(13)4-3-5-14-11/h3-5,7,9,17H,6H2,1-2H3. The summed E-state index contributed by atoms with van der Waals surface area (Å²) in [6.45, 7) is 3.86. The van der Waals surface area contributed by atoms with Gasteiger partial charge in [-0.25, -0.2) is 0 Å². The number of rotatable bonds is 4. The van der Waals surface area contributed by atoms with Gasteiger partial charge < -0.3 is 9.63 Å². The molecule has 1 unspecified atom stereocenters. The molecule has 0 radical (unpaired) electrons. The van der Waals surface area contributed by atoms with Crippen molar-refractivity contribution < 1.29 is 9.63 Å². The van der Waals surface area contributed by atoms with Crippen LogP contribution in [0, 0.1) is 5.92 Å². The Morgan fingerprint density at radius 1 is 1.44 bits per heavy atom. The Labute approximate surface area is 110 Å². The molecular formula is C12H14ClN3O2. The molecule has 0 saturated heterocycles. The SMILES string of the molecule is CC(C)C(O)Cc1nc(-c2ncccc2Cl)no1. The van der Waals surface area contributed by atoms with Crippen molar-refractivity contribution in [1.82, 2.24) is 15.1 Å². The number of pyridine rings is 1. The van der Waals surface area contributed by atoms with Crippen LogP contribution < -0.4 is 0 Å². The molecule has 0 saturated carbocycles. The van der Waals surface area contributed by atoms with E-state index < -0.39 is 6.10 Å². The van der Waals surface area contributed by atoms with Crippen LogP contribution in [0.15, 0.2) is 22.9 Å². The summed E-state index contributed by atoms with van der Waals surface area (Å²) in [5, 5.41) is 14.0. The Bertz CT molecular complexity index is 528. The van der Waals surface area contributed by atoms with Crippen LogP contribution in [0.3, 0.4) is 0 Å². The second-order valence-corrected chi connectivity index (χ2v) is 4.77. The quantitative estimate of drug-likeness (QED) is 0.921. The average Bonchev–Trinajstić information content (AvgIpc) is 2.77. The van der Waals surface area contributed by atoms with E-state index in [1.54, 1.807) is 18.3 Å². The van der Waals surface area contributed by atoms with Crippen LogP contribution in [-0.4, -0.2) is 26.3 Å². The molecule has 0 aliphatic rings. The van der Waals surface area contributed by atoms with Crippen LogP contribution in [0.1, 0.15) is 19.7 Å². The van der Waals surface area contributed by atoms with Crippen molar-refractivity contribution in [2.75, 3.05) is 0 Å². The first-order valence-corrected chi connectivity index (χ1v) is 6.07. The van der Waals surface area contributed by atoms with E-state index in [1.165, 1.54) is 0 Å². The van der Waals surface area contributed by atoms with Gasteiger partial charge in [-0.2, -0.15) is 4.98 Å². The predicted octanol–water partition coefficient (Wildman–Crippen LogP) is 2.34. The van der Waals surface area contributed by atoms with E-state index in [-0.39, 0.29) is 5.92 Å². The highest BCUT2D eigenvalue weighted by Crippen LogP contribution is 2.22. The van der Waals surface area contributed by atoms with Crippen molar-refractivity contribution in [3.63, 3.8) is 0 Å². The normalized spacial score (nSPS) is 12.9. The maximum atomic E-state index is 9.74. The summed E-state index contributed by atoms with van der Waals surface area (Å²) < 4.78 is 5.08. The number of halogens is 1. The van der Waals surface area contributed by atoms with E-state index in [4.69, 9.17) is 16.1 Å². The second kappa shape index (κ2) is 5.46. The van der Waals surface area contributed by atoms with E-state index in [1.807, 2.05) is 13.8 Å². The molecule has 6 heteroatoms. The summed E-state index contributed by atoms with van der Waals surface area (Å²) in [6.07, 6.45) is 1.44. The number of aliphatic hydroxyl groups excluding tert-OH is 1. The van der Waals surface area contributed by atoms with Crippen molar-refractivity contribution in [1.29, 1.82) is 0 Å². The average molecular weight is 268 g/mol. The number of hydrogen-bond acceptors (Lipinski definition) is 5. The molecule has 0 aliphatic heterocycles. The maximum Gasteiger partial charge on any atom is 0.229 e. The Morgan fingerprint density at radius 2 is 2.22 bits per heavy atom. The van der Waals surface area contributed by atoms with Crippen LogP contribution in [-0.2, 0) is 6.42 Å². The Morgan fingerprint density at radius 3 is 2.89 bits per heavy atom. The zero-order valence-corrected chi connectivity index (χ0v) is 10.9. The largest absolute Gasteiger partial charge is 0.392 e. The lowest BCUT2D eigenvalue weighted by Crippen LogP contribution is -2.17. The third-order valence-corrected chi connectivity index (χ3v) is 2.90. The van der Waals surface area contributed by atoms with Gasteiger partial charge in [0.05, 0.1) is 17.5 Å². The van der Waals surface area contributed by atoms with E-state index in [0.717, 1.165) is 0 Å². The Kier molecular flexibility index (Phi) is 3.93. The second-order valence-electron chi connectivity index (χ2n) is 4.36. The van der Waals surface area contributed by atoms with E-state index >= 15 is 0 Å². The highest BCUT2D eigenvalue weighted by molar-refractivity contribution is 6.32. The van der Waals surface area contributed by atoms with Gasteiger partial charge in [0.15, 0.2) is 0 Å². The summed E-state index contributed by atoms with van der Waals surface area (Å²) in [7, 11) is 0. The number of hydrogen-bond donors (Lipinski definition) is 1. The lowest BCUT2D eigenvalue weighted by molar-refractivity contribution is 0.116. The molecule has 0 spiro atoms. The zero-order valence-electron chi connectivity index (χ0n) is 10.2. The Hall–Kier alpha value is -1.46. The van der Waals surface area contributed by atoms with Crippen molar-refractivity contribution in [3.05, 3.63) is 29.2 Å². The highest BCUT2D eigenvalue weighted by Gasteiger charge is 2.17. The molecule has 18 heavy (non-hydrogen) atoms. The molecular weight excluding hydrogens is 254 g/mol. The third kappa shape index (κ3) is 2.86. The third-order valence-electron chi connectivity index (χ3n) is 2.59. The van der Waals surface area contributed by atoms with Crippen LogP contribution in [0.2, 0.25) is 5.02 Å². The molecule has 0 aliphatic carbocycles. The van der Waals surface area contributed by atoms with Crippen molar-refractivity contribution in [2.24, 2.45) is 5.92 Å². The number of nitrogens with zero attached hydrogens (tertiary/aromatic N) is 3. The monoisotopic (exact) mass is 267 g/mol. The first-order chi connectivity index (χ1) is 8.58. The smallest absolute Gasteiger partial charge is 0.229 e. The summed E-state index contributed by atoms with van der Waals surface area (Å²) >= 11 is 5.99. The first-order valence-electron chi connectivity index (χ1n) is 5.69. The molecule has 0 bridgehead atoms. The number of aromatic nitrogens is 3. The minimum atomic E-state index is -0.502. The summed E-state index contributed by atoms with van der Waals surface area (Å²) in [4.78, 5) is 8.28. The van der Waals surface area contributed by atoms with E-state index in [9.17, 15) is 5.11 Å². The fourth-order valence-electron chi connectivity index (χ4n) is 1.40. The fourth-order valence-corrected chi connectivity index (χ4v) is 1.60. The van der Waals surface area contributed by atoms with Crippen molar-refractivity contribution in [2.45, 2.75) is 26.4 Å². The Balaban J connectivity index is 2.18. The molecule has 5 nitrogen and oxygen atoms in total. The van der Waals surface area contributed by atoms with Gasteiger partial charge in [-0.05, 0) is 18.1 Å². The molecule has 1 atom stereocenters. The van der Waals surface area contributed by atoms with Crippen LogP contribution in [0.4, 0.5) is 0 Å². The summed E-state index contributed by atoms with van der Waals surface area (Å²) in [5.74, 6) is 0.860. The lowest BCUT2D eigenvalue weighted by atomic mass is 10.0. The minimum Gasteiger partial charge on any atom is -0.392 e. The molecule has 0 aromatic carbocycles. The van der Waals surface area contributed by atoms with Crippen LogP contribution >= 0.6 is 11.6 Å². The number of aliphatic hydroxyl groups is 1. The maximum absolute atomic E-state index is 9.74. The molecule has 2 aromatic heterocycles. The van der Waals surface area contributed by atoms with E-state index in [2.05, 4.69) is 15.1 Å². The highest BCUT2D eigenvalue weighted by atomic mass is 35.5. The molecule has 2 rings (SSSR count). The van der Waals surface area contributed by atoms with Crippen molar-refractivity contribution >= 4 is 11.6 Å². The van der Waals surface area contributed by atoms with Gasteiger partial charge in [0.2, 0.25) is 11.7 Å². The van der Waals surface area contributed by atoms with Crippen molar-refractivity contribution in [3.8, 4) is 11.5 Å². The lowest BCUT2D eigenvalue weighted by Gasteiger charge is -2.10. The van der Waals surface area contributed by atoms with Gasteiger partial charge in [-0.15, -0.1) is 0 Å². The van der Waals surface area contributed by atoms with E-state index in [0.29, 0.717) is 28.9 Å². The molecule has 0 amide bonds. The molecule has 96 valence electrons. The molecule has 2 aromatic rings. The molecule has 0 fully saturated rings. The topological polar surface area (TPSA) is 72.0 Å². The fraction of sp³-hybridized carbons (Fsp3) is 0.417. The van der Waals surface area contributed by atoms with Gasteiger partial charge in [0.1, 0.15) is 5.69 Å². The summed E-state index contributed by atoms with van der Waals surface area (Å²) in [5.41, 5.74) is 0.480. The van der Waals surface area contributed by atoms with Gasteiger partial charge in [0.25, 0.3) is 0 Å². The minimum absolute atomic E-state index is 0.138. The van der Waals surface area contributed by atoms with Gasteiger partial charge >= 0.3 is 0 Å². The van der Waals surface area contributed by atoms with Gasteiger partial charge in [-0.3, -0.25) is 4.98 Å². The predicted molar refractivity (Wildman–Crippen MR) is 67.1 cm³/mol. The molecule has 2 heterocycles. The zero-order chi connectivity index (χ0) is 13.1. The summed E-state index contributed by atoms with van der Waals surface area (Å²) in [6, 6.07) is 3.44. The van der Waals surface area contributed by atoms with Crippen LogP contribution in [0.5, 0.6) is 0 Å². The van der Waals surface area contributed by atoms with Gasteiger partial charge in [0, 0.05) is 6.20 Å². The first kappa shape index (κ1) is 13.0. The molecule has 1 N–H and O–H groups in total. The van der Waals surface area contributed by atoms with Crippen LogP contribution in [0.25, 0.3) is 11.5 Å². The van der Waals surface area contributed by atoms with Gasteiger partial charge in [-0.1, -0.05) is 30.6 Å².